The van der Waals surface area contributed by atoms with Crippen molar-refractivity contribution < 1.29 is 18.0 Å². The van der Waals surface area contributed by atoms with Gasteiger partial charge in [-0.25, -0.2) is 0 Å². The van der Waals surface area contributed by atoms with Gasteiger partial charge in [0.25, 0.3) is 5.91 Å². The maximum Gasteiger partial charge on any atom is 0.416 e. The number of anilines is 1. The Bertz CT molecular complexity index is 774. The van der Waals surface area contributed by atoms with Gasteiger partial charge in [0.1, 0.15) is 11.6 Å². The number of carbonyl (C=O) groups is 1. The lowest BCUT2D eigenvalue weighted by molar-refractivity contribution is -0.137. The number of hydrogen-bond acceptors (Lipinski definition) is 2. The molecule has 6 heteroatoms. The van der Waals surface area contributed by atoms with E-state index in [1.54, 1.807) is 36.4 Å². The predicted octanol–water partition coefficient (Wildman–Crippen LogP) is 4.25. The minimum atomic E-state index is -4.50. The minimum absolute atomic E-state index is 0.0287. The molecule has 0 saturated heterocycles. The first-order valence-electron chi connectivity index (χ1n) is 6.55. The number of rotatable bonds is 3. The molecule has 0 spiro atoms. The van der Waals surface area contributed by atoms with E-state index in [1.807, 2.05) is 0 Å². The van der Waals surface area contributed by atoms with Crippen molar-refractivity contribution in [3.8, 4) is 6.07 Å². The zero-order valence-electron chi connectivity index (χ0n) is 11.8. The molecule has 0 aliphatic heterocycles. The lowest BCUT2D eigenvalue weighted by atomic mass is 10.1. The quantitative estimate of drug-likeness (QED) is 0.680. The standard InChI is InChI=1S/C17H11F3N2O/c18-17(19,20)14-7-4-8-15(10-14)22-16(23)13(11-21)9-12-5-2-1-3-6-12/h1-10H,(H,22,23)/b13-9+. The van der Waals surface area contributed by atoms with Gasteiger partial charge >= 0.3 is 6.18 Å². The molecular formula is C17H11F3N2O. The van der Waals surface area contributed by atoms with Gasteiger partial charge in [0.05, 0.1) is 5.56 Å². The topological polar surface area (TPSA) is 52.9 Å². The van der Waals surface area contributed by atoms with Crippen LogP contribution in [-0.2, 0) is 11.0 Å². The molecule has 116 valence electrons. The number of halogens is 3. The van der Waals surface area contributed by atoms with Gasteiger partial charge in [-0.1, -0.05) is 36.4 Å². The van der Waals surface area contributed by atoms with Crippen LogP contribution in [0.1, 0.15) is 11.1 Å². The molecule has 0 radical (unpaired) electrons. The molecule has 0 aliphatic carbocycles. The van der Waals surface area contributed by atoms with Crippen molar-refractivity contribution in [3.63, 3.8) is 0 Å². The summed E-state index contributed by atoms with van der Waals surface area (Å²) in [6, 6.07) is 14.6. The Hall–Kier alpha value is -3.07. The molecule has 1 amide bonds. The molecule has 0 heterocycles. The summed E-state index contributed by atoms with van der Waals surface area (Å²) in [5.41, 5.74) is -0.461. The molecule has 0 saturated carbocycles. The summed E-state index contributed by atoms with van der Waals surface area (Å²) in [5.74, 6) is -0.768. The summed E-state index contributed by atoms with van der Waals surface area (Å²) in [6.07, 6.45) is -3.14. The number of amides is 1. The molecule has 2 aromatic rings. The van der Waals surface area contributed by atoms with Crippen LogP contribution in [0.5, 0.6) is 0 Å². The maximum absolute atomic E-state index is 12.6. The van der Waals surface area contributed by atoms with E-state index in [1.165, 1.54) is 18.2 Å². The van der Waals surface area contributed by atoms with Gasteiger partial charge in [0.15, 0.2) is 0 Å². The van der Waals surface area contributed by atoms with Gasteiger partial charge in [0.2, 0.25) is 0 Å². The highest BCUT2D eigenvalue weighted by atomic mass is 19.4. The average Bonchev–Trinajstić information content (AvgIpc) is 2.53. The molecule has 2 aromatic carbocycles. The zero-order chi connectivity index (χ0) is 16.9. The highest BCUT2D eigenvalue weighted by Crippen LogP contribution is 2.30. The third kappa shape index (κ3) is 4.45. The molecule has 0 aromatic heterocycles. The molecule has 0 unspecified atom stereocenters. The summed E-state index contributed by atoms with van der Waals surface area (Å²) < 4.78 is 37.9. The number of alkyl halides is 3. The van der Waals surface area contributed by atoms with Crippen molar-refractivity contribution >= 4 is 17.7 Å². The molecule has 0 aliphatic rings. The molecular weight excluding hydrogens is 305 g/mol. The lowest BCUT2D eigenvalue weighted by Gasteiger charge is -2.09. The van der Waals surface area contributed by atoms with E-state index in [9.17, 15) is 18.0 Å². The van der Waals surface area contributed by atoms with Crippen molar-refractivity contribution in [2.24, 2.45) is 0 Å². The van der Waals surface area contributed by atoms with Crippen LogP contribution < -0.4 is 5.32 Å². The average molecular weight is 316 g/mol. The van der Waals surface area contributed by atoms with E-state index in [0.29, 0.717) is 5.56 Å². The lowest BCUT2D eigenvalue weighted by Crippen LogP contribution is -2.14. The molecule has 3 nitrogen and oxygen atoms in total. The second kappa shape index (κ2) is 6.79. The smallest absolute Gasteiger partial charge is 0.321 e. The Kier molecular flexibility index (Phi) is 4.82. The normalized spacial score (nSPS) is 11.7. The Morgan fingerprint density at radius 2 is 1.78 bits per heavy atom. The van der Waals surface area contributed by atoms with E-state index in [0.717, 1.165) is 12.1 Å². The summed E-state index contributed by atoms with van der Waals surface area (Å²) in [4.78, 5) is 12.0. The summed E-state index contributed by atoms with van der Waals surface area (Å²) in [6.45, 7) is 0. The summed E-state index contributed by atoms with van der Waals surface area (Å²) in [5, 5.41) is 11.4. The fourth-order valence-electron chi connectivity index (χ4n) is 1.84. The summed E-state index contributed by atoms with van der Waals surface area (Å²) >= 11 is 0. The largest absolute Gasteiger partial charge is 0.416 e. The number of nitriles is 1. The maximum atomic E-state index is 12.6. The Balaban J connectivity index is 2.21. The second-order valence-corrected chi connectivity index (χ2v) is 4.61. The Morgan fingerprint density at radius 1 is 1.09 bits per heavy atom. The fourth-order valence-corrected chi connectivity index (χ4v) is 1.84. The van der Waals surface area contributed by atoms with Gasteiger partial charge in [-0.2, -0.15) is 18.4 Å². The van der Waals surface area contributed by atoms with E-state index in [2.05, 4.69) is 5.32 Å². The van der Waals surface area contributed by atoms with Crippen LogP contribution in [0.4, 0.5) is 18.9 Å². The molecule has 1 N–H and O–H groups in total. The number of benzene rings is 2. The second-order valence-electron chi connectivity index (χ2n) is 4.61. The van der Waals surface area contributed by atoms with Crippen molar-refractivity contribution in [1.82, 2.24) is 0 Å². The fraction of sp³-hybridized carbons (Fsp3) is 0.0588. The first kappa shape index (κ1) is 16.3. The van der Waals surface area contributed by atoms with Gasteiger partial charge in [0, 0.05) is 5.69 Å². The monoisotopic (exact) mass is 316 g/mol. The van der Waals surface area contributed by atoms with Gasteiger partial charge in [-0.3, -0.25) is 4.79 Å². The minimum Gasteiger partial charge on any atom is -0.321 e. The number of hydrogen-bond donors (Lipinski definition) is 1. The SMILES string of the molecule is N#C/C(=C\c1ccccc1)C(=O)Nc1cccc(C(F)(F)F)c1. The van der Waals surface area contributed by atoms with Gasteiger partial charge in [-0.15, -0.1) is 0 Å². The first-order chi connectivity index (χ1) is 10.9. The molecule has 2 rings (SSSR count). The number of carbonyl (C=O) groups excluding carboxylic acids is 1. The molecule has 0 atom stereocenters. The number of nitrogens with one attached hydrogen (secondary N) is 1. The zero-order valence-corrected chi connectivity index (χ0v) is 11.8. The third-order valence-electron chi connectivity index (χ3n) is 2.92. The van der Waals surface area contributed by atoms with Crippen LogP contribution in [0.3, 0.4) is 0 Å². The van der Waals surface area contributed by atoms with E-state index < -0.39 is 17.6 Å². The van der Waals surface area contributed by atoms with Crippen LogP contribution in [0.2, 0.25) is 0 Å². The van der Waals surface area contributed by atoms with Crippen molar-refractivity contribution in [2.45, 2.75) is 6.18 Å². The van der Waals surface area contributed by atoms with E-state index >= 15 is 0 Å². The molecule has 0 bridgehead atoms. The van der Waals surface area contributed by atoms with Crippen molar-refractivity contribution in [1.29, 1.82) is 5.26 Å². The van der Waals surface area contributed by atoms with E-state index in [-0.39, 0.29) is 11.3 Å². The third-order valence-corrected chi connectivity index (χ3v) is 2.92. The van der Waals surface area contributed by atoms with E-state index in [4.69, 9.17) is 5.26 Å². The Labute approximate surface area is 130 Å². The first-order valence-corrected chi connectivity index (χ1v) is 6.55. The highest BCUT2D eigenvalue weighted by Gasteiger charge is 2.30. The summed E-state index contributed by atoms with van der Waals surface area (Å²) in [7, 11) is 0. The highest BCUT2D eigenvalue weighted by molar-refractivity contribution is 6.09. The van der Waals surface area contributed by atoms with Crippen LogP contribution in [0, 0.1) is 11.3 Å². The Morgan fingerprint density at radius 3 is 2.39 bits per heavy atom. The number of nitrogens with zero attached hydrogens (tertiary/aromatic N) is 1. The molecule has 0 fully saturated rings. The molecule has 23 heavy (non-hydrogen) atoms. The van der Waals surface area contributed by atoms with Crippen LogP contribution >= 0.6 is 0 Å². The van der Waals surface area contributed by atoms with Crippen LogP contribution in [0.15, 0.2) is 60.2 Å². The van der Waals surface area contributed by atoms with Crippen molar-refractivity contribution in [2.75, 3.05) is 5.32 Å². The van der Waals surface area contributed by atoms with Crippen LogP contribution in [-0.4, -0.2) is 5.91 Å². The predicted molar refractivity (Wildman–Crippen MR) is 80.1 cm³/mol. The van der Waals surface area contributed by atoms with Gasteiger partial charge in [-0.05, 0) is 29.8 Å². The van der Waals surface area contributed by atoms with Crippen molar-refractivity contribution in [3.05, 3.63) is 71.3 Å². The van der Waals surface area contributed by atoms with Gasteiger partial charge < -0.3 is 5.32 Å². The van der Waals surface area contributed by atoms with Crippen LogP contribution in [0.25, 0.3) is 6.08 Å².